The summed E-state index contributed by atoms with van der Waals surface area (Å²) in [6, 6.07) is 7.34. The molecule has 0 aliphatic rings. The number of aromatic hydroxyl groups is 1. The third-order valence-electron chi connectivity index (χ3n) is 4.44. The van der Waals surface area contributed by atoms with Gasteiger partial charge in [0.1, 0.15) is 11.3 Å². The molecule has 2 aromatic carbocycles. The quantitative estimate of drug-likeness (QED) is 0.189. The molecule has 0 bridgehead atoms. The molecule has 0 aliphatic carbocycles. The van der Waals surface area contributed by atoms with Gasteiger partial charge >= 0.3 is 19.2 Å². The number of alkyl halides is 2. The second-order valence-electron chi connectivity index (χ2n) is 6.98. The smallest absolute Gasteiger partial charge is 0.399 e. The molecule has 8 nitrogen and oxygen atoms in total. The number of halogens is 2. The lowest BCUT2D eigenvalue weighted by molar-refractivity contribution is -0.116. The maximum Gasteiger partial charge on any atom is 0.399 e. The number of amides is 1. The largest absolute Gasteiger partial charge is 0.507 e. The van der Waals surface area contributed by atoms with Crippen molar-refractivity contribution in [3.05, 3.63) is 58.7 Å². The van der Waals surface area contributed by atoms with Crippen LogP contribution in [0.3, 0.4) is 0 Å². The van der Waals surface area contributed by atoms with E-state index in [9.17, 15) is 28.0 Å². The van der Waals surface area contributed by atoms with Gasteiger partial charge in [0.2, 0.25) is 5.91 Å². The first-order valence-corrected chi connectivity index (χ1v) is 12.1. The highest BCUT2D eigenvalue weighted by Gasteiger charge is 2.50. The number of phenols is 1. The van der Waals surface area contributed by atoms with Gasteiger partial charge in [-0.3, -0.25) is 9.36 Å². The van der Waals surface area contributed by atoms with Gasteiger partial charge < -0.3 is 25.3 Å². The van der Waals surface area contributed by atoms with Crippen LogP contribution in [0.25, 0.3) is 0 Å². The van der Waals surface area contributed by atoms with Crippen LogP contribution in [0.5, 0.6) is 5.75 Å². The number of aromatic carboxylic acids is 1. The van der Waals surface area contributed by atoms with Crippen LogP contribution < -0.4 is 5.32 Å². The Labute approximate surface area is 186 Å². The van der Waals surface area contributed by atoms with Crippen LogP contribution in [-0.2, 0) is 20.8 Å². The number of nitrogens with one attached hydrogen (secondary N) is 1. The summed E-state index contributed by atoms with van der Waals surface area (Å²) >= 11 is 1.45. The first-order chi connectivity index (χ1) is 14.8. The van der Waals surface area contributed by atoms with E-state index in [1.165, 1.54) is 43.0 Å². The second-order valence-corrected chi connectivity index (χ2v) is 9.74. The van der Waals surface area contributed by atoms with Crippen molar-refractivity contribution < 1.29 is 42.9 Å². The lowest BCUT2D eigenvalue weighted by Gasteiger charge is -2.18. The maximum absolute atomic E-state index is 13.6. The van der Waals surface area contributed by atoms with Crippen molar-refractivity contribution in [2.24, 2.45) is 0 Å². The molecule has 0 aromatic heterocycles. The van der Waals surface area contributed by atoms with E-state index in [-0.39, 0.29) is 29.3 Å². The molecule has 0 spiro atoms. The van der Waals surface area contributed by atoms with E-state index >= 15 is 0 Å². The van der Waals surface area contributed by atoms with Crippen molar-refractivity contribution in [2.75, 3.05) is 11.1 Å². The number of benzene rings is 2. The number of thioether (sulfide) groups is 1. The standard InChI is InChI=1S/C20H22F2NO7PS/c1-12-9-15(10-16(18(12)25)19(26)27)23-17(24)3-2-8-32-11-13-4-6-14(7-5-13)20(21,22)31(28,29)30/h4-7,9-10,25H,2-3,8,11H2,1H3,(H,23,24)(H,26,27)(H2,28,29,30). The minimum absolute atomic E-state index is 0.169. The van der Waals surface area contributed by atoms with Crippen LogP contribution in [0.4, 0.5) is 14.5 Å². The number of carbonyl (C=O) groups is 2. The summed E-state index contributed by atoms with van der Waals surface area (Å²) in [6.07, 6.45) is 0.677. The Morgan fingerprint density at radius 2 is 1.78 bits per heavy atom. The van der Waals surface area contributed by atoms with Crippen LogP contribution in [-0.4, -0.2) is 37.6 Å². The van der Waals surface area contributed by atoms with Crippen LogP contribution in [0.15, 0.2) is 36.4 Å². The van der Waals surface area contributed by atoms with Crippen molar-refractivity contribution in [3.63, 3.8) is 0 Å². The molecule has 0 aliphatic heterocycles. The summed E-state index contributed by atoms with van der Waals surface area (Å²) < 4.78 is 38.2. The van der Waals surface area contributed by atoms with E-state index in [1.807, 2.05) is 0 Å². The van der Waals surface area contributed by atoms with Crippen molar-refractivity contribution in [1.29, 1.82) is 0 Å². The first kappa shape index (κ1) is 25.8. The van der Waals surface area contributed by atoms with E-state index in [2.05, 4.69) is 5.32 Å². The topological polar surface area (TPSA) is 144 Å². The molecule has 1 amide bonds. The molecule has 0 radical (unpaired) electrons. The Morgan fingerprint density at radius 3 is 2.34 bits per heavy atom. The average Bonchev–Trinajstić information content (AvgIpc) is 2.69. The van der Waals surface area contributed by atoms with Crippen molar-refractivity contribution >= 4 is 36.9 Å². The Balaban J connectivity index is 1.79. The van der Waals surface area contributed by atoms with Gasteiger partial charge in [-0.05, 0) is 42.4 Å². The summed E-state index contributed by atoms with van der Waals surface area (Å²) in [5, 5.41) is 21.4. The van der Waals surface area contributed by atoms with Crippen LogP contribution >= 0.6 is 19.4 Å². The highest BCUT2D eigenvalue weighted by Crippen LogP contribution is 2.59. The molecule has 0 unspecified atom stereocenters. The van der Waals surface area contributed by atoms with E-state index in [0.29, 0.717) is 29.1 Å². The fraction of sp³-hybridized carbons (Fsp3) is 0.300. The lowest BCUT2D eigenvalue weighted by atomic mass is 10.1. The third-order valence-corrected chi connectivity index (χ3v) is 6.55. The first-order valence-electron chi connectivity index (χ1n) is 9.30. The molecule has 0 saturated carbocycles. The highest BCUT2D eigenvalue weighted by molar-refractivity contribution is 7.98. The number of aryl methyl sites for hydroxylation is 1. The minimum Gasteiger partial charge on any atom is -0.507 e. The molecule has 0 heterocycles. The zero-order valence-electron chi connectivity index (χ0n) is 16.9. The van der Waals surface area contributed by atoms with E-state index in [0.717, 1.165) is 12.1 Å². The van der Waals surface area contributed by atoms with Gasteiger partial charge in [0.05, 0.1) is 0 Å². The number of carboxylic acid groups (broad SMARTS) is 1. The minimum atomic E-state index is -5.60. The van der Waals surface area contributed by atoms with E-state index in [1.54, 1.807) is 0 Å². The highest BCUT2D eigenvalue weighted by atomic mass is 32.2. The number of carbonyl (C=O) groups excluding carboxylic acids is 1. The number of rotatable bonds is 10. The van der Waals surface area contributed by atoms with Gasteiger partial charge in [-0.15, -0.1) is 0 Å². The van der Waals surface area contributed by atoms with Gasteiger partial charge in [-0.25, -0.2) is 4.79 Å². The molecule has 0 atom stereocenters. The Hall–Kier alpha value is -2.46. The predicted molar refractivity (Wildman–Crippen MR) is 116 cm³/mol. The SMILES string of the molecule is Cc1cc(NC(=O)CCCSCc2ccc(C(F)(F)P(=O)(O)O)cc2)cc(C(=O)O)c1O. The monoisotopic (exact) mass is 489 g/mol. The van der Waals surface area contributed by atoms with Gasteiger partial charge in [-0.2, -0.15) is 20.5 Å². The zero-order valence-corrected chi connectivity index (χ0v) is 18.6. The fourth-order valence-electron chi connectivity index (χ4n) is 2.73. The van der Waals surface area contributed by atoms with Crippen LogP contribution in [0, 0.1) is 6.92 Å². The molecule has 5 N–H and O–H groups in total. The van der Waals surface area contributed by atoms with Gasteiger partial charge in [-0.1, -0.05) is 24.3 Å². The zero-order chi connectivity index (χ0) is 24.1. The third kappa shape index (κ3) is 6.52. The Bertz CT molecular complexity index is 1040. The Kier molecular flexibility index (Phi) is 8.41. The summed E-state index contributed by atoms with van der Waals surface area (Å²) in [5.74, 6) is -0.941. The molecule has 0 fully saturated rings. The molecule has 0 saturated heterocycles. The maximum atomic E-state index is 13.6. The number of carboxylic acids is 1. The molecule has 2 aromatic rings. The molecule has 32 heavy (non-hydrogen) atoms. The lowest BCUT2D eigenvalue weighted by Crippen LogP contribution is -2.13. The van der Waals surface area contributed by atoms with Crippen LogP contribution in [0.1, 0.15) is 39.9 Å². The summed E-state index contributed by atoms with van der Waals surface area (Å²) in [5.41, 5.74) is -4.03. The molecule has 174 valence electrons. The number of hydrogen-bond donors (Lipinski definition) is 5. The number of anilines is 1. The summed E-state index contributed by atoms with van der Waals surface area (Å²) in [6.45, 7) is 1.52. The molecule has 12 heteroatoms. The second kappa shape index (κ2) is 10.4. The normalized spacial score (nSPS) is 11.9. The van der Waals surface area contributed by atoms with Gasteiger partial charge in [0.15, 0.2) is 0 Å². The van der Waals surface area contributed by atoms with Crippen molar-refractivity contribution in [1.82, 2.24) is 0 Å². The Morgan fingerprint density at radius 1 is 1.16 bits per heavy atom. The summed E-state index contributed by atoms with van der Waals surface area (Å²) in [4.78, 5) is 40.7. The summed E-state index contributed by atoms with van der Waals surface area (Å²) in [7, 11) is -5.60. The van der Waals surface area contributed by atoms with Gasteiger partial charge in [0, 0.05) is 23.4 Å². The molecule has 2 rings (SSSR count). The van der Waals surface area contributed by atoms with E-state index < -0.39 is 24.8 Å². The van der Waals surface area contributed by atoms with Crippen molar-refractivity contribution in [3.8, 4) is 5.75 Å². The van der Waals surface area contributed by atoms with Crippen molar-refractivity contribution in [2.45, 2.75) is 31.2 Å². The predicted octanol–water partition coefficient (Wildman–Crippen LogP) is 4.28. The molecular weight excluding hydrogens is 467 g/mol. The molecular formula is C20H22F2NO7PS. The van der Waals surface area contributed by atoms with Gasteiger partial charge in [0.25, 0.3) is 0 Å². The fourth-order valence-corrected chi connectivity index (χ4v) is 4.14. The average molecular weight is 489 g/mol. The van der Waals surface area contributed by atoms with E-state index in [4.69, 9.17) is 14.9 Å². The van der Waals surface area contributed by atoms with Crippen LogP contribution in [0.2, 0.25) is 0 Å². The number of hydrogen-bond acceptors (Lipinski definition) is 5.